The van der Waals surface area contributed by atoms with Gasteiger partial charge in [-0.1, -0.05) is 6.42 Å². The Morgan fingerprint density at radius 2 is 1.86 bits per heavy atom. The van der Waals surface area contributed by atoms with Gasteiger partial charge in [-0.3, -0.25) is 0 Å². The predicted octanol–water partition coefficient (Wildman–Crippen LogP) is 2.84. The van der Waals surface area contributed by atoms with Crippen molar-refractivity contribution in [3.63, 3.8) is 0 Å². The lowest BCUT2D eigenvalue weighted by Gasteiger charge is -2.33. The molecule has 1 amide bonds. The maximum Gasteiger partial charge on any atom is 0.407 e. The fourth-order valence-corrected chi connectivity index (χ4v) is 1.89. The molecule has 0 bridgehead atoms. The number of nitrogens with one attached hydrogen (secondary N) is 1. The van der Waals surface area contributed by atoms with Gasteiger partial charge in [0.25, 0.3) is 0 Å². The molecular weight excluding hydrogens is 178 g/mol. The van der Waals surface area contributed by atoms with Gasteiger partial charge in [0.05, 0.1) is 0 Å². The molecule has 0 aliphatic heterocycles. The second-order valence-corrected chi connectivity index (χ2v) is 4.70. The van der Waals surface area contributed by atoms with Crippen molar-refractivity contribution in [2.24, 2.45) is 0 Å². The van der Waals surface area contributed by atoms with Crippen molar-refractivity contribution in [3.05, 3.63) is 0 Å². The van der Waals surface area contributed by atoms with Gasteiger partial charge < -0.3 is 10.1 Å². The van der Waals surface area contributed by atoms with Crippen LogP contribution in [0, 0.1) is 0 Å². The van der Waals surface area contributed by atoms with Crippen molar-refractivity contribution in [2.45, 2.75) is 64.5 Å². The van der Waals surface area contributed by atoms with Crippen LogP contribution < -0.4 is 5.32 Å². The van der Waals surface area contributed by atoms with Crippen LogP contribution in [0.15, 0.2) is 0 Å². The van der Waals surface area contributed by atoms with Gasteiger partial charge in [0, 0.05) is 6.04 Å². The summed E-state index contributed by atoms with van der Waals surface area (Å²) in [5.74, 6) is 0. The molecule has 1 aliphatic carbocycles. The minimum Gasteiger partial charge on any atom is -0.443 e. The summed E-state index contributed by atoms with van der Waals surface area (Å²) >= 11 is 0. The lowest BCUT2D eigenvalue weighted by atomic mass is 9.86. The summed E-state index contributed by atoms with van der Waals surface area (Å²) in [4.78, 5) is 11.4. The molecule has 0 aromatic rings. The first-order valence-electron chi connectivity index (χ1n) is 5.51. The highest BCUT2D eigenvalue weighted by Gasteiger charge is 2.30. The first kappa shape index (κ1) is 11.3. The number of carbonyl (C=O) groups excluding carboxylic acids is 1. The average molecular weight is 199 g/mol. The molecule has 0 radical (unpaired) electrons. The van der Waals surface area contributed by atoms with E-state index in [2.05, 4.69) is 5.32 Å². The Bertz CT molecular complexity index is 195. The number of rotatable bonds is 2. The minimum absolute atomic E-state index is 0.148. The van der Waals surface area contributed by atoms with E-state index >= 15 is 0 Å². The van der Waals surface area contributed by atoms with Crippen LogP contribution in [-0.2, 0) is 4.74 Å². The van der Waals surface area contributed by atoms with Crippen LogP contribution in [0.5, 0.6) is 0 Å². The Morgan fingerprint density at radius 3 is 2.36 bits per heavy atom. The van der Waals surface area contributed by atoms with Crippen LogP contribution in [0.3, 0.4) is 0 Å². The number of hydrogen-bond donors (Lipinski definition) is 1. The monoisotopic (exact) mass is 199 g/mol. The van der Waals surface area contributed by atoms with Gasteiger partial charge in [-0.25, -0.2) is 4.79 Å². The smallest absolute Gasteiger partial charge is 0.407 e. The van der Waals surface area contributed by atoms with Gasteiger partial charge in [-0.15, -0.1) is 0 Å². The third-order valence-electron chi connectivity index (χ3n) is 2.66. The maximum absolute atomic E-state index is 11.4. The quantitative estimate of drug-likeness (QED) is 0.742. The highest BCUT2D eigenvalue weighted by atomic mass is 16.6. The normalized spacial score (nSPS) is 20.6. The van der Waals surface area contributed by atoms with Crippen molar-refractivity contribution in [2.75, 3.05) is 0 Å². The zero-order chi connectivity index (χ0) is 10.6. The van der Waals surface area contributed by atoms with E-state index in [9.17, 15) is 4.79 Å². The molecule has 0 spiro atoms. The van der Waals surface area contributed by atoms with Gasteiger partial charge in [-0.05, 0) is 46.5 Å². The second-order valence-electron chi connectivity index (χ2n) is 4.70. The topological polar surface area (TPSA) is 38.3 Å². The van der Waals surface area contributed by atoms with Crippen molar-refractivity contribution >= 4 is 6.09 Å². The molecule has 3 nitrogen and oxygen atoms in total. The minimum atomic E-state index is -0.274. The van der Waals surface area contributed by atoms with E-state index in [4.69, 9.17) is 4.74 Å². The summed E-state index contributed by atoms with van der Waals surface area (Å²) < 4.78 is 5.44. The average Bonchev–Trinajstić information content (AvgIpc) is 2.02. The summed E-state index contributed by atoms with van der Waals surface area (Å²) in [7, 11) is 0. The number of alkyl carbamates (subject to hydrolysis) is 1. The Balaban J connectivity index is 2.37. The molecular formula is C11H21NO2. The van der Waals surface area contributed by atoms with E-state index < -0.39 is 0 Å². The molecule has 0 unspecified atom stereocenters. The van der Waals surface area contributed by atoms with Gasteiger partial charge in [-0.2, -0.15) is 0 Å². The van der Waals surface area contributed by atoms with Crippen molar-refractivity contribution in [3.8, 4) is 0 Å². The molecule has 0 saturated heterocycles. The lowest BCUT2D eigenvalue weighted by Crippen LogP contribution is -2.40. The van der Waals surface area contributed by atoms with Gasteiger partial charge in [0.15, 0.2) is 0 Å². The van der Waals surface area contributed by atoms with Crippen LogP contribution in [0.25, 0.3) is 0 Å². The third-order valence-corrected chi connectivity index (χ3v) is 2.66. The van der Waals surface area contributed by atoms with Crippen molar-refractivity contribution in [1.29, 1.82) is 0 Å². The maximum atomic E-state index is 11.4. The number of ether oxygens (including phenoxy) is 1. The molecule has 1 N–H and O–H groups in total. The van der Waals surface area contributed by atoms with E-state index in [0.29, 0.717) is 0 Å². The van der Waals surface area contributed by atoms with E-state index in [1.165, 1.54) is 19.3 Å². The first-order chi connectivity index (χ1) is 6.52. The fourth-order valence-electron chi connectivity index (χ4n) is 1.89. The molecule has 1 aliphatic rings. The Morgan fingerprint density at radius 1 is 1.29 bits per heavy atom. The van der Waals surface area contributed by atoms with Crippen LogP contribution in [-0.4, -0.2) is 17.7 Å². The van der Waals surface area contributed by atoms with Gasteiger partial charge in [0.2, 0.25) is 0 Å². The SMILES string of the molecule is CC(C)NC(=O)OC1(C)CCCCC1. The standard InChI is InChI=1S/C11H21NO2/c1-9(2)12-10(13)14-11(3)7-5-4-6-8-11/h9H,4-8H2,1-3H3,(H,12,13). The first-order valence-corrected chi connectivity index (χ1v) is 5.51. The van der Waals surface area contributed by atoms with E-state index in [1.807, 2.05) is 20.8 Å². The van der Waals surface area contributed by atoms with E-state index in [-0.39, 0.29) is 17.7 Å². The van der Waals surface area contributed by atoms with Crippen LogP contribution >= 0.6 is 0 Å². The number of carbonyl (C=O) groups is 1. The summed E-state index contributed by atoms with van der Waals surface area (Å²) in [6.07, 6.45) is 5.34. The highest BCUT2D eigenvalue weighted by molar-refractivity contribution is 5.68. The van der Waals surface area contributed by atoms with E-state index in [0.717, 1.165) is 12.8 Å². The Hall–Kier alpha value is -0.730. The lowest BCUT2D eigenvalue weighted by molar-refractivity contribution is -0.00293. The molecule has 14 heavy (non-hydrogen) atoms. The van der Waals surface area contributed by atoms with Gasteiger partial charge in [0.1, 0.15) is 5.60 Å². The largest absolute Gasteiger partial charge is 0.443 e. The van der Waals surface area contributed by atoms with E-state index in [1.54, 1.807) is 0 Å². The molecule has 0 atom stereocenters. The van der Waals surface area contributed by atoms with Crippen molar-refractivity contribution < 1.29 is 9.53 Å². The zero-order valence-electron chi connectivity index (χ0n) is 9.43. The molecule has 0 heterocycles. The zero-order valence-corrected chi connectivity index (χ0v) is 9.43. The number of hydrogen-bond acceptors (Lipinski definition) is 2. The summed E-state index contributed by atoms with van der Waals surface area (Å²) in [5, 5.41) is 2.75. The molecule has 82 valence electrons. The van der Waals surface area contributed by atoms with Crippen LogP contribution in [0.2, 0.25) is 0 Å². The van der Waals surface area contributed by atoms with Crippen LogP contribution in [0.4, 0.5) is 4.79 Å². The van der Waals surface area contributed by atoms with Crippen LogP contribution in [0.1, 0.15) is 52.9 Å². The van der Waals surface area contributed by atoms with Crippen molar-refractivity contribution in [1.82, 2.24) is 5.32 Å². The predicted molar refractivity (Wildman–Crippen MR) is 56.2 cm³/mol. The third kappa shape index (κ3) is 3.56. The highest BCUT2D eigenvalue weighted by Crippen LogP contribution is 2.30. The number of amides is 1. The molecule has 1 rings (SSSR count). The molecule has 3 heteroatoms. The Labute approximate surface area is 86.2 Å². The summed E-state index contributed by atoms with van der Waals surface area (Å²) in [6.45, 7) is 5.90. The van der Waals surface area contributed by atoms with Gasteiger partial charge >= 0.3 is 6.09 Å². The molecule has 0 aromatic heterocycles. The summed E-state index contributed by atoms with van der Waals surface area (Å²) in [6, 6.07) is 0.148. The second kappa shape index (κ2) is 4.67. The fraction of sp³-hybridized carbons (Fsp3) is 0.909. The molecule has 0 aromatic carbocycles. The molecule has 1 fully saturated rings. The molecule has 1 saturated carbocycles. The summed E-state index contributed by atoms with van der Waals surface area (Å²) in [5.41, 5.74) is -0.225. The Kier molecular flexibility index (Phi) is 3.78.